The third-order valence-electron chi connectivity index (χ3n) is 4.82. The lowest BCUT2D eigenvalue weighted by atomic mass is 10.1. The molecule has 1 amide bonds. The maximum atomic E-state index is 13.0. The minimum Gasteiger partial charge on any atom is -0.488 e. The fourth-order valence-electron chi connectivity index (χ4n) is 2.84. The van der Waals surface area contributed by atoms with E-state index in [4.69, 9.17) is 4.74 Å². The van der Waals surface area contributed by atoms with Gasteiger partial charge in [0.15, 0.2) is 0 Å². The van der Waals surface area contributed by atoms with Crippen LogP contribution in [0, 0.1) is 5.82 Å². The molecule has 1 aliphatic carbocycles. The van der Waals surface area contributed by atoms with E-state index in [-0.39, 0.29) is 18.3 Å². The van der Waals surface area contributed by atoms with Gasteiger partial charge in [-0.2, -0.15) is 0 Å². The number of nitrogens with one attached hydrogen (secondary N) is 1. The Morgan fingerprint density at radius 3 is 2.62 bits per heavy atom. The molecular weight excluding hydrogens is 331 g/mol. The Morgan fingerprint density at radius 1 is 1.23 bits per heavy atom. The van der Waals surface area contributed by atoms with Gasteiger partial charge in [0.25, 0.3) is 5.91 Å². The number of ether oxygens (including phenoxy) is 1. The number of para-hydroxylation sites is 1. The highest BCUT2D eigenvalue weighted by molar-refractivity contribution is 5.96. The average molecular weight is 356 g/mol. The number of carbonyl (C=O) groups is 1. The van der Waals surface area contributed by atoms with E-state index in [1.165, 1.54) is 25.0 Å². The lowest BCUT2D eigenvalue weighted by Crippen LogP contribution is -2.41. The summed E-state index contributed by atoms with van der Waals surface area (Å²) in [6, 6.07) is 14.3. The highest BCUT2D eigenvalue weighted by Gasteiger charge is 2.29. The molecule has 3 rings (SSSR count). The molecule has 0 aliphatic heterocycles. The van der Waals surface area contributed by atoms with Crippen LogP contribution in [0.1, 0.15) is 35.7 Å². The first-order chi connectivity index (χ1) is 12.5. The number of hydrogen-bond acceptors (Lipinski definition) is 3. The molecule has 2 aromatic carbocycles. The summed E-state index contributed by atoms with van der Waals surface area (Å²) >= 11 is 0. The SMILES string of the molecule is CC(CNC(=O)c1ccccc1OCc1ccc(F)cc1)N(C)C1CC1. The predicted octanol–water partition coefficient (Wildman–Crippen LogP) is 3.62. The first-order valence-electron chi connectivity index (χ1n) is 9.01. The molecule has 1 atom stereocenters. The molecule has 26 heavy (non-hydrogen) atoms. The van der Waals surface area contributed by atoms with Gasteiger partial charge in [-0.1, -0.05) is 24.3 Å². The van der Waals surface area contributed by atoms with Crippen molar-refractivity contribution in [3.8, 4) is 5.75 Å². The molecule has 1 fully saturated rings. The summed E-state index contributed by atoms with van der Waals surface area (Å²) in [7, 11) is 2.11. The molecule has 138 valence electrons. The molecule has 0 heterocycles. The third kappa shape index (κ3) is 4.82. The molecule has 1 unspecified atom stereocenters. The molecule has 0 saturated heterocycles. The van der Waals surface area contributed by atoms with Crippen molar-refractivity contribution in [1.29, 1.82) is 0 Å². The molecule has 2 aromatic rings. The van der Waals surface area contributed by atoms with Gasteiger partial charge in [-0.15, -0.1) is 0 Å². The smallest absolute Gasteiger partial charge is 0.255 e. The molecular formula is C21H25FN2O2. The van der Waals surface area contributed by atoms with E-state index in [9.17, 15) is 9.18 Å². The van der Waals surface area contributed by atoms with Crippen LogP contribution in [0.4, 0.5) is 4.39 Å². The van der Waals surface area contributed by atoms with Crippen LogP contribution in [0.3, 0.4) is 0 Å². The molecule has 5 heteroatoms. The van der Waals surface area contributed by atoms with Crippen LogP contribution in [-0.2, 0) is 6.61 Å². The zero-order valence-electron chi connectivity index (χ0n) is 15.2. The van der Waals surface area contributed by atoms with E-state index >= 15 is 0 Å². The highest BCUT2D eigenvalue weighted by Crippen LogP contribution is 2.26. The Kier molecular flexibility index (Phi) is 5.89. The summed E-state index contributed by atoms with van der Waals surface area (Å²) in [6.45, 7) is 3.00. The van der Waals surface area contributed by atoms with Gasteiger partial charge in [0, 0.05) is 18.6 Å². The van der Waals surface area contributed by atoms with Crippen molar-refractivity contribution in [3.05, 3.63) is 65.5 Å². The van der Waals surface area contributed by atoms with Crippen LogP contribution in [0.2, 0.25) is 0 Å². The number of nitrogens with zero attached hydrogens (tertiary/aromatic N) is 1. The molecule has 0 bridgehead atoms. The van der Waals surface area contributed by atoms with Crippen molar-refractivity contribution in [1.82, 2.24) is 10.2 Å². The fourth-order valence-corrected chi connectivity index (χ4v) is 2.84. The topological polar surface area (TPSA) is 41.6 Å². The zero-order chi connectivity index (χ0) is 18.5. The monoisotopic (exact) mass is 356 g/mol. The van der Waals surface area contributed by atoms with E-state index in [0.717, 1.165) is 5.56 Å². The summed E-state index contributed by atoms with van der Waals surface area (Å²) in [4.78, 5) is 14.9. The molecule has 0 spiro atoms. The van der Waals surface area contributed by atoms with Crippen LogP contribution in [0.25, 0.3) is 0 Å². The van der Waals surface area contributed by atoms with Crippen molar-refractivity contribution >= 4 is 5.91 Å². The summed E-state index contributed by atoms with van der Waals surface area (Å²) in [5, 5.41) is 3.00. The Bertz CT molecular complexity index is 744. The molecule has 1 N–H and O–H groups in total. The number of benzene rings is 2. The van der Waals surface area contributed by atoms with Gasteiger partial charge in [0.05, 0.1) is 5.56 Å². The standard InChI is InChI=1S/C21H25FN2O2/c1-15(24(2)18-11-12-18)13-23-21(25)19-5-3-4-6-20(19)26-14-16-7-9-17(22)10-8-16/h3-10,15,18H,11-14H2,1-2H3,(H,23,25). The second-order valence-electron chi connectivity index (χ2n) is 6.87. The molecule has 1 saturated carbocycles. The Balaban J connectivity index is 1.58. The van der Waals surface area contributed by atoms with Gasteiger partial charge in [-0.3, -0.25) is 9.69 Å². The largest absolute Gasteiger partial charge is 0.488 e. The number of hydrogen-bond donors (Lipinski definition) is 1. The van der Waals surface area contributed by atoms with Crippen molar-refractivity contribution < 1.29 is 13.9 Å². The summed E-state index contributed by atoms with van der Waals surface area (Å²) < 4.78 is 18.8. The maximum absolute atomic E-state index is 13.0. The highest BCUT2D eigenvalue weighted by atomic mass is 19.1. The van der Waals surface area contributed by atoms with Gasteiger partial charge >= 0.3 is 0 Å². The average Bonchev–Trinajstić information content (AvgIpc) is 3.50. The number of halogens is 1. The first kappa shape index (κ1) is 18.4. The number of likely N-dealkylation sites (N-methyl/N-ethyl adjacent to an activating group) is 1. The first-order valence-corrected chi connectivity index (χ1v) is 9.01. The van der Waals surface area contributed by atoms with Crippen molar-refractivity contribution in [2.45, 2.75) is 38.5 Å². The van der Waals surface area contributed by atoms with Crippen LogP contribution in [0.15, 0.2) is 48.5 Å². The van der Waals surface area contributed by atoms with Crippen LogP contribution in [-0.4, -0.2) is 36.5 Å². The van der Waals surface area contributed by atoms with Crippen LogP contribution >= 0.6 is 0 Å². The van der Waals surface area contributed by atoms with Gasteiger partial charge in [-0.25, -0.2) is 4.39 Å². The molecule has 0 aromatic heterocycles. The fraction of sp³-hybridized carbons (Fsp3) is 0.381. The van der Waals surface area contributed by atoms with Gasteiger partial charge in [0.1, 0.15) is 18.2 Å². The second-order valence-corrected chi connectivity index (χ2v) is 6.87. The predicted molar refractivity (Wildman–Crippen MR) is 99.8 cm³/mol. The third-order valence-corrected chi connectivity index (χ3v) is 4.82. The Labute approximate surface area is 154 Å². The van der Waals surface area contributed by atoms with E-state index in [1.807, 2.05) is 12.1 Å². The van der Waals surface area contributed by atoms with Crippen LogP contribution in [0.5, 0.6) is 5.75 Å². The molecule has 0 radical (unpaired) electrons. The minimum atomic E-state index is -0.279. The quantitative estimate of drug-likeness (QED) is 0.785. The number of carbonyl (C=O) groups excluding carboxylic acids is 1. The van der Waals surface area contributed by atoms with Gasteiger partial charge < -0.3 is 10.1 Å². The Morgan fingerprint density at radius 2 is 1.92 bits per heavy atom. The normalized spacial score (nSPS) is 14.9. The van der Waals surface area contributed by atoms with Crippen LogP contribution < -0.4 is 10.1 Å². The lowest BCUT2D eigenvalue weighted by molar-refractivity contribution is 0.0935. The summed E-state index contributed by atoms with van der Waals surface area (Å²) in [5.74, 6) is 0.104. The minimum absolute atomic E-state index is 0.143. The van der Waals surface area contributed by atoms with E-state index < -0.39 is 0 Å². The number of amides is 1. The van der Waals surface area contributed by atoms with E-state index in [0.29, 0.717) is 29.9 Å². The van der Waals surface area contributed by atoms with Crippen molar-refractivity contribution in [3.63, 3.8) is 0 Å². The zero-order valence-corrected chi connectivity index (χ0v) is 15.2. The van der Waals surface area contributed by atoms with Crippen molar-refractivity contribution in [2.24, 2.45) is 0 Å². The van der Waals surface area contributed by atoms with Gasteiger partial charge in [-0.05, 0) is 56.6 Å². The molecule has 1 aliphatic rings. The van der Waals surface area contributed by atoms with E-state index in [2.05, 4.69) is 24.2 Å². The summed E-state index contributed by atoms with van der Waals surface area (Å²) in [6.07, 6.45) is 2.49. The number of rotatable bonds is 8. The summed E-state index contributed by atoms with van der Waals surface area (Å²) in [5.41, 5.74) is 1.36. The Hall–Kier alpha value is -2.40. The van der Waals surface area contributed by atoms with E-state index in [1.54, 1.807) is 24.3 Å². The second kappa shape index (κ2) is 8.32. The maximum Gasteiger partial charge on any atom is 0.255 e. The van der Waals surface area contributed by atoms with Crippen molar-refractivity contribution in [2.75, 3.05) is 13.6 Å². The lowest BCUT2D eigenvalue weighted by Gasteiger charge is -2.24. The van der Waals surface area contributed by atoms with Gasteiger partial charge in [0.2, 0.25) is 0 Å². The molecule has 4 nitrogen and oxygen atoms in total.